The number of hydrogen-bond acceptors (Lipinski definition) is 6. The number of nitrogens with zero attached hydrogens (tertiary/aromatic N) is 3. The standard InChI is InChI=1S/C23H27ClN3O5S/c1-4-5-9-27-19-12-26(14-32-16(3)29)10-8-21(19)33-23(27)25-22(30)18-11-17(24)6-7-20(18)31-13-15(2)28/h6-8,10-12,15,28H,4-5,9,13-14H2,1-3H3/q+1/t15-/m0/s1. The maximum atomic E-state index is 13.1. The van der Waals surface area contributed by atoms with Crippen LogP contribution in [0.3, 0.4) is 0 Å². The Labute approximate surface area is 200 Å². The molecule has 1 atom stereocenters. The molecule has 0 radical (unpaired) electrons. The summed E-state index contributed by atoms with van der Waals surface area (Å²) in [6.07, 6.45) is 4.90. The van der Waals surface area contributed by atoms with Gasteiger partial charge in [-0.05, 0) is 31.5 Å². The van der Waals surface area contributed by atoms with Gasteiger partial charge in [0, 0.05) is 24.6 Å². The van der Waals surface area contributed by atoms with Crippen molar-refractivity contribution in [2.45, 2.75) is 53.0 Å². The van der Waals surface area contributed by atoms with E-state index in [1.807, 2.05) is 23.0 Å². The summed E-state index contributed by atoms with van der Waals surface area (Å²) < 4.78 is 15.4. The van der Waals surface area contributed by atoms with E-state index < -0.39 is 12.0 Å². The number of rotatable bonds is 9. The average Bonchev–Trinajstić information content (AvgIpc) is 3.11. The number of hydrogen-bond donors (Lipinski definition) is 1. The first-order valence-corrected chi connectivity index (χ1v) is 11.8. The van der Waals surface area contributed by atoms with Crippen LogP contribution in [0.2, 0.25) is 5.02 Å². The Morgan fingerprint density at radius 1 is 1.33 bits per heavy atom. The lowest BCUT2D eigenvalue weighted by atomic mass is 10.2. The average molecular weight is 493 g/mol. The molecular weight excluding hydrogens is 466 g/mol. The first kappa shape index (κ1) is 24.9. The molecule has 10 heteroatoms. The molecule has 0 saturated carbocycles. The predicted molar refractivity (Wildman–Crippen MR) is 125 cm³/mol. The third-order valence-electron chi connectivity index (χ3n) is 4.68. The van der Waals surface area contributed by atoms with Crippen LogP contribution in [0.25, 0.3) is 10.2 Å². The summed E-state index contributed by atoms with van der Waals surface area (Å²) in [6.45, 7) is 5.89. The molecule has 2 aromatic heterocycles. The number of fused-ring (bicyclic) bond motifs is 1. The highest BCUT2D eigenvalue weighted by atomic mass is 35.5. The van der Waals surface area contributed by atoms with Crippen LogP contribution in [0, 0.1) is 0 Å². The van der Waals surface area contributed by atoms with E-state index in [4.69, 9.17) is 21.1 Å². The Morgan fingerprint density at radius 2 is 2.12 bits per heavy atom. The minimum absolute atomic E-state index is 0.0453. The van der Waals surface area contributed by atoms with Crippen molar-refractivity contribution in [2.24, 2.45) is 4.99 Å². The summed E-state index contributed by atoms with van der Waals surface area (Å²) >= 11 is 7.52. The van der Waals surface area contributed by atoms with E-state index in [1.165, 1.54) is 24.3 Å². The summed E-state index contributed by atoms with van der Waals surface area (Å²) in [7, 11) is 0. The molecule has 176 valence electrons. The molecule has 1 aromatic carbocycles. The van der Waals surface area contributed by atoms with Crippen LogP contribution < -0.4 is 14.1 Å². The van der Waals surface area contributed by atoms with Gasteiger partial charge in [-0.15, -0.1) is 0 Å². The Bertz CT molecular complexity index is 1220. The molecule has 0 unspecified atom stereocenters. The molecular formula is C23H27ClN3O5S+. The molecule has 0 aliphatic heterocycles. The van der Waals surface area contributed by atoms with E-state index in [2.05, 4.69) is 11.9 Å². The number of esters is 1. The van der Waals surface area contributed by atoms with Crippen molar-refractivity contribution >= 4 is 45.0 Å². The minimum Gasteiger partial charge on any atom is -0.490 e. The third-order valence-corrected chi connectivity index (χ3v) is 5.98. The van der Waals surface area contributed by atoms with Crippen LogP contribution in [0.1, 0.15) is 44.0 Å². The van der Waals surface area contributed by atoms with Crippen molar-refractivity contribution in [1.82, 2.24) is 4.57 Å². The number of carbonyl (C=O) groups excluding carboxylic acids is 2. The zero-order valence-electron chi connectivity index (χ0n) is 18.8. The maximum absolute atomic E-state index is 13.1. The van der Waals surface area contributed by atoms with Crippen LogP contribution in [-0.4, -0.2) is 34.3 Å². The second-order valence-electron chi connectivity index (χ2n) is 7.58. The van der Waals surface area contributed by atoms with Crippen molar-refractivity contribution < 1.29 is 28.7 Å². The highest BCUT2D eigenvalue weighted by molar-refractivity contribution is 7.16. The van der Waals surface area contributed by atoms with Crippen molar-refractivity contribution in [3.8, 4) is 5.75 Å². The molecule has 2 heterocycles. The number of amides is 1. The molecule has 0 fully saturated rings. The predicted octanol–water partition coefficient (Wildman–Crippen LogP) is 3.47. The van der Waals surface area contributed by atoms with Crippen LogP contribution in [0.15, 0.2) is 41.7 Å². The number of ether oxygens (including phenoxy) is 2. The lowest BCUT2D eigenvalue weighted by molar-refractivity contribution is -0.726. The molecule has 8 nitrogen and oxygen atoms in total. The van der Waals surface area contributed by atoms with E-state index >= 15 is 0 Å². The molecule has 33 heavy (non-hydrogen) atoms. The number of carbonyl (C=O) groups is 2. The number of halogens is 1. The van der Waals surface area contributed by atoms with E-state index in [-0.39, 0.29) is 24.9 Å². The van der Waals surface area contributed by atoms with Gasteiger partial charge < -0.3 is 19.1 Å². The summed E-state index contributed by atoms with van der Waals surface area (Å²) in [6, 6.07) is 6.65. The SMILES string of the molecule is CCCCn1c(=NC(=O)c2cc(Cl)ccc2OC[C@H](C)O)sc2cc[n+](COC(C)=O)cc21. The number of aliphatic hydroxyl groups is 1. The number of benzene rings is 1. The Hall–Kier alpha value is -2.75. The molecule has 0 saturated heterocycles. The van der Waals surface area contributed by atoms with Gasteiger partial charge in [0.2, 0.25) is 0 Å². The molecule has 3 rings (SSSR count). The van der Waals surface area contributed by atoms with Gasteiger partial charge in [0.1, 0.15) is 17.9 Å². The van der Waals surface area contributed by atoms with Gasteiger partial charge >= 0.3 is 5.97 Å². The zero-order chi connectivity index (χ0) is 24.0. The number of thiazole rings is 1. The smallest absolute Gasteiger partial charge is 0.307 e. The van der Waals surface area contributed by atoms with Crippen molar-refractivity contribution in [2.75, 3.05) is 6.61 Å². The monoisotopic (exact) mass is 492 g/mol. The number of aliphatic hydroxyl groups excluding tert-OH is 1. The van der Waals surface area contributed by atoms with Gasteiger partial charge in [-0.3, -0.25) is 9.59 Å². The quantitative estimate of drug-likeness (QED) is 0.364. The highest BCUT2D eigenvalue weighted by Crippen LogP contribution is 2.24. The summed E-state index contributed by atoms with van der Waals surface area (Å²) in [5, 5.41) is 9.92. The second kappa shape index (κ2) is 11.4. The number of unbranched alkanes of at least 4 members (excludes halogenated alkanes) is 1. The first-order valence-electron chi connectivity index (χ1n) is 10.6. The molecule has 0 aliphatic rings. The fraction of sp³-hybridized carbons (Fsp3) is 0.391. The van der Waals surface area contributed by atoms with E-state index in [9.17, 15) is 14.7 Å². The molecule has 0 bridgehead atoms. The largest absolute Gasteiger partial charge is 0.490 e. The van der Waals surface area contributed by atoms with Gasteiger partial charge in [0.25, 0.3) is 12.6 Å². The maximum Gasteiger partial charge on any atom is 0.307 e. The zero-order valence-corrected chi connectivity index (χ0v) is 20.4. The molecule has 0 spiro atoms. The lowest BCUT2D eigenvalue weighted by Crippen LogP contribution is -2.35. The van der Waals surface area contributed by atoms with Crippen molar-refractivity contribution in [3.05, 3.63) is 52.0 Å². The fourth-order valence-electron chi connectivity index (χ4n) is 3.07. The molecule has 0 aliphatic carbocycles. The van der Waals surface area contributed by atoms with Crippen LogP contribution >= 0.6 is 22.9 Å². The number of aryl methyl sites for hydroxylation is 1. The van der Waals surface area contributed by atoms with Crippen LogP contribution in [-0.2, 0) is 22.8 Å². The van der Waals surface area contributed by atoms with Crippen molar-refractivity contribution in [3.63, 3.8) is 0 Å². The third kappa shape index (κ3) is 6.63. The fourth-order valence-corrected chi connectivity index (χ4v) is 4.27. The topological polar surface area (TPSA) is 94.0 Å². The Morgan fingerprint density at radius 3 is 2.82 bits per heavy atom. The van der Waals surface area contributed by atoms with Gasteiger partial charge in [-0.25, -0.2) is 0 Å². The van der Waals surface area contributed by atoms with Crippen molar-refractivity contribution in [1.29, 1.82) is 0 Å². The molecule has 3 aromatic rings. The summed E-state index contributed by atoms with van der Waals surface area (Å²) in [4.78, 5) is 29.3. The van der Waals surface area contributed by atoms with E-state index in [1.54, 1.807) is 23.6 Å². The second-order valence-corrected chi connectivity index (χ2v) is 9.03. The van der Waals surface area contributed by atoms with Gasteiger partial charge in [-0.1, -0.05) is 36.3 Å². The first-order chi connectivity index (χ1) is 15.8. The lowest BCUT2D eigenvalue weighted by Gasteiger charge is -2.11. The van der Waals surface area contributed by atoms with Gasteiger partial charge in [0.05, 0.1) is 16.4 Å². The molecule has 1 N–H and O–H groups in total. The van der Waals surface area contributed by atoms with Gasteiger partial charge in [-0.2, -0.15) is 9.56 Å². The minimum atomic E-state index is -0.682. The highest BCUT2D eigenvalue weighted by Gasteiger charge is 2.17. The normalized spacial score (nSPS) is 12.7. The Kier molecular flexibility index (Phi) is 8.60. The Balaban J connectivity index is 2.04. The molecule has 1 amide bonds. The summed E-state index contributed by atoms with van der Waals surface area (Å²) in [5.41, 5.74) is 1.12. The van der Waals surface area contributed by atoms with Crippen LogP contribution in [0.4, 0.5) is 0 Å². The van der Waals surface area contributed by atoms with Crippen LogP contribution in [0.5, 0.6) is 5.75 Å². The van der Waals surface area contributed by atoms with E-state index in [0.717, 1.165) is 23.1 Å². The number of pyridine rings is 1. The van der Waals surface area contributed by atoms with Gasteiger partial charge in [0.15, 0.2) is 17.2 Å². The van der Waals surface area contributed by atoms with E-state index in [0.29, 0.717) is 22.1 Å². The summed E-state index contributed by atoms with van der Waals surface area (Å²) in [5.74, 6) is -0.527. The number of aromatic nitrogens is 2.